The van der Waals surface area contributed by atoms with Crippen LogP contribution in [0.1, 0.15) is 5.56 Å². The Morgan fingerprint density at radius 2 is 1.65 bits per heavy atom. The van der Waals surface area contributed by atoms with Gasteiger partial charge in [0.1, 0.15) is 17.4 Å². The summed E-state index contributed by atoms with van der Waals surface area (Å²) in [5.41, 5.74) is 2.27. The Kier molecular flexibility index (Phi) is 5.86. The Morgan fingerprint density at radius 3 is 2.32 bits per heavy atom. The van der Waals surface area contributed by atoms with E-state index in [4.69, 9.17) is 0 Å². The fourth-order valence-corrected chi connectivity index (χ4v) is 5.18. The molecule has 3 aromatic rings. The van der Waals surface area contributed by atoms with Crippen molar-refractivity contribution in [2.75, 3.05) is 42.9 Å². The molecule has 2 fully saturated rings. The number of hydrogen-bond acceptors (Lipinski definition) is 4. The first-order valence-corrected chi connectivity index (χ1v) is 11.5. The lowest BCUT2D eigenvalue weighted by molar-refractivity contribution is -0.130. The van der Waals surface area contributed by atoms with Crippen molar-refractivity contribution in [2.45, 2.75) is 6.42 Å². The van der Waals surface area contributed by atoms with Crippen molar-refractivity contribution >= 4 is 17.3 Å². The maximum absolute atomic E-state index is 13.8. The van der Waals surface area contributed by atoms with Crippen molar-refractivity contribution in [3.63, 3.8) is 0 Å². The number of hydrogen-bond donors (Lipinski definition) is 2. The number of benzene rings is 3. The largest absolute Gasteiger partial charge is 0.508 e. The molecule has 5 rings (SSSR count). The van der Waals surface area contributed by atoms with Crippen LogP contribution in [0.25, 0.3) is 0 Å². The first-order valence-electron chi connectivity index (χ1n) is 11.5. The van der Waals surface area contributed by atoms with Gasteiger partial charge in [-0.3, -0.25) is 4.79 Å². The number of anilines is 2. The van der Waals surface area contributed by atoms with Crippen LogP contribution in [0.3, 0.4) is 0 Å². The predicted octanol–water partition coefficient (Wildman–Crippen LogP) is 4.29. The van der Waals surface area contributed by atoms with Gasteiger partial charge in [-0.1, -0.05) is 30.3 Å². The van der Waals surface area contributed by atoms with Crippen LogP contribution in [-0.4, -0.2) is 48.6 Å². The number of amides is 1. The van der Waals surface area contributed by atoms with Crippen molar-refractivity contribution in [1.29, 1.82) is 0 Å². The highest BCUT2D eigenvalue weighted by molar-refractivity contribution is 5.79. The number of nitrogens with zero attached hydrogens (tertiary/aromatic N) is 2. The predicted molar refractivity (Wildman–Crippen MR) is 128 cm³/mol. The lowest BCUT2D eigenvalue weighted by atomic mass is 9.71. The topological polar surface area (TPSA) is 55.8 Å². The van der Waals surface area contributed by atoms with Crippen LogP contribution in [0.2, 0.25) is 0 Å². The van der Waals surface area contributed by atoms with Gasteiger partial charge >= 0.3 is 0 Å². The van der Waals surface area contributed by atoms with Crippen molar-refractivity contribution in [1.82, 2.24) is 4.90 Å². The van der Waals surface area contributed by atoms with Gasteiger partial charge in [-0.05, 0) is 42.0 Å². The minimum Gasteiger partial charge on any atom is -0.508 e. The van der Waals surface area contributed by atoms with E-state index in [9.17, 15) is 18.7 Å². The summed E-state index contributed by atoms with van der Waals surface area (Å²) in [6.45, 7) is 3.22. The molecule has 5 nitrogen and oxygen atoms in total. The number of likely N-dealkylation sites (tertiary alicyclic amines) is 1. The molecule has 1 unspecified atom stereocenters. The number of halogens is 2. The summed E-state index contributed by atoms with van der Waals surface area (Å²) in [6.07, 6.45) is 0.272. The molecule has 3 aromatic carbocycles. The van der Waals surface area contributed by atoms with Gasteiger partial charge in [0.15, 0.2) is 0 Å². The van der Waals surface area contributed by atoms with E-state index in [1.807, 2.05) is 40.1 Å². The molecular formula is C27H27F2N3O2. The molecule has 2 aliphatic rings. The molecule has 2 heterocycles. The van der Waals surface area contributed by atoms with E-state index in [1.54, 1.807) is 24.3 Å². The molecule has 2 aliphatic heterocycles. The third kappa shape index (κ3) is 4.55. The van der Waals surface area contributed by atoms with Crippen LogP contribution >= 0.6 is 0 Å². The van der Waals surface area contributed by atoms with Crippen LogP contribution in [0, 0.1) is 23.0 Å². The first kappa shape index (κ1) is 22.2. The molecule has 1 amide bonds. The van der Waals surface area contributed by atoms with Gasteiger partial charge < -0.3 is 20.2 Å². The first-order chi connectivity index (χ1) is 16.4. The van der Waals surface area contributed by atoms with Gasteiger partial charge in [-0.15, -0.1) is 0 Å². The number of aromatic hydroxyl groups is 1. The minimum atomic E-state index is -0.588. The second kappa shape index (κ2) is 8.97. The highest BCUT2D eigenvalue weighted by Gasteiger charge is 2.55. The monoisotopic (exact) mass is 463 g/mol. The number of rotatable bonds is 6. The Bertz CT molecular complexity index is 1140. The van der Waals surface area contributed by atoms with E-state index in [-0.39, 0.29) is 29.4 Å². The van der Waals surface area contributed by atoms with E-state index in [0.29, 0.717) is 38.4 Å². The highest BCUT2D eigenvalue weighted by atomic mass is 19.1. The van der Waals surface area contributed by atoms with Crippen LogP contribution in [0.15, 0.2) is 72.8 Å². The van der Waals surface area contributed by atoms with Crippen LogP contribution in [-0.2, 0) is 11.2 Å². The molecule has 0 aliphatic carbocycles. The molecule has 1 spiro atoms. The average Bonchev–Trinajstić information content (AvgIpc) is 3.18. The summed E-state index contributed by atoms with van der Waals surface area (Å²) in [6, 6.07) is 20.2. The Morgan fingerprint density at radius 1 is 0.971 bits per heavy atom. The van der Waals surface area contributed by atoms with E-state index in [2.05, 4.69) is 5.32 Å². The van der Waals surface area contributed by atoms with Gasteiger partial charge in [0.2, 0.25) is 5.91 Å². The molecular weight excluding hydrogens is 436 g/mol. The summed E-state index contributed by atoms with van der Waals surface area (Å²) in [7, 11) is 0. The maximum atomic E-state index is 13.8. The van der Waals surface area contributed by atoms with Crippen molar-refractivity contribution in [2.24, 2.45) is 11.3 Å². The van der Waals surface area contributed by atoms with E-state index in [0.717, 1.165) is 17.3 Å². The third-order valence-electron chi connectivity index (χ3n) is 7.01. The average molecular weight is 464 g/mol. The minimum absolute atomic E-state index is 0.0440. The maximum Gasteiger partial charge on any atom is 0.227 e. The summed E-state index contributed by atoms with van der Waals surface area (Å²) in [5.74, 6) is -0.758. The van der Waals surface area contributed by atoms with Crippen molar-refractivity contribution in [3.8, 4) is 5.75 Å². The molecule has 176 valence electrons. The van der Waals surface area contributed by atoms with Gasteiger partial charge in [-0.2, -0.15) is 0 Å². The SMILES string of the molecule is O=C(Cc1ccc(O)cc1)N1CC(CNc2ccccc2)C2(C1)CN(c1cc(F)cc(F)c1)C2. The molecule has 0 bridgehead atoms. The molecule has 34 heavy (non-hydrogen) atoms. The zero-order valence-electron chi connectivity index (χ0n) is 18.8. The van der Waals surface area contributed by atoms with E-state index in [1.165, 1.54) is 12.1 Å². The molecule has 7 heteroatoms. The second-order valence-electron chi connectivity index (χ2n) is 9.41. The number of phenolic OH excluding ortho intramolecular Hbond substituents is 1. The van der Waals surface area contributed by atoms with Gasteiger partial charge in [0, 0.05) is 61.5 Å². The quantitative estimate of drug-likeness (QED) is 0.573. The van der Waals surface area contributed by atoms with Crippen LogP contribution in [0.4, 0.5) is 20.2 Å². The van der Waals surface area contributed by atoms with Crippen molar-refractivity contribution < 1.29 is 18.7 Å². The lowest BCUT2D eigenvalue weighted by Crippen LogP contribution is -2.61. The van der Waals surface area contributed by atoms with E-state index < -0.39 is 11.6 Å². The molecule has 1 atom stereocenters. The number of carbonyl (C=O) groups is 1. The fraction of sp³-hybridized carbons (Fsp3) is 0.296. The zero-order chi connectivity index (χ0) is 23.7. The standard InChI is InChI=1S/C27H27F2N3O2/c28-21-11-22(29)13-24(12-21)32-17-27(18-32)16-31(26(34)10-19-6-8-25(33)9-7-19)15-20(27)14-30-23-4-2-1-3-5-23/h1-9,11-13,20,30,33H,10,14-18H2. The van der Waals surface area contributed by atoms with Crippen LogP contribution < -0.4 is 10.2 Å². The Hall–Kier alpha value is -3.61. The summed E-state index contributed by atoms with van der Waals surface area (Å²) >= 11 is 0. The molecule has 0 aromatic heterocycles. The normalized spacial score (nSPS) is 18.7. The van der Waals surface area contributed by atoms with Gasteiger partial charge in [0.25, 0.3) is 0 Å². The smallest absolute Gasteiger partial charge is 0.227 e. The zero-order valence-corrected chi connectivity index (χ0v) is 18.8. The second-order valence-corrected chi connectivity index (χ2v) is 9.41. The van der Waals surface area contributed by atoms with Gasteiger partial charge in [0.05, 0.1) is 6.42 Å². The third-order valence-corrected chi connectivity index (χ3v) is 7.01. The van der Waals surface area contributed by atoms with E-state index >= 15 is 0 Å². The Labute approximate surface area is 197 Å². The number of phenols is 1. The fourth-order valence-electron chi connectivity index (χ4n) is 5.18. The summed E-state index contributed by atoms with van der Waals surface area (Å²) in [5, 5.41) is 13.0. The van der Waals surface area contributed by atoms with Crippen molar-refractivity contribution in [3.05, 3.63) is 90.0 Å². The summed E-state index contributed by atoms with van der Waals surface area (Å²) < 4.78 is 27.5. The highest BCUT2D eigenvalue weighted by Crippen LogP contribution is 2.46. The molecule has 0 saturated carbocycles. The van der Waals surface area contributed by atoms with Crippen LogP contribution in [0.5, 0.6) is 5.75 Å². The molecule has 0 radical (unpaired) electrons. The number of para-hydroxylation sites is 1. The Balaban J connectivity index is 1.31. The summed E-state index contributed by atoms with van der Waals surface area (Å²) in [4.78, 5) is 17.0. The molecule has 2 saturated heterocycles. The molecule has 2 N–H and O–H groups in total. The lowest BCUT2D eigenvalue weighted by Gasteiger charge is -2.52. The van der Waals surface area contributed by atoms with Gasteiger partial charge in [-0.25, -0.2) is 8.78 Å². The number of carbonyl (C=O) groups excluding carboxylic acids is 1. The number of nitrogens with one attached hydrogen (secondary N) is 1.